The smallest absolute Gasteiger partial charge is 0.407 e. The molecule has 0 heterocycles. The Morgan fingerprint density at radius 3 is 0.689 bits per heavy atom. The molecule has 0 bridgehead atoms. The first-order valence-electron chi connectivity index (χ1n) is 33.9. The number of esters is 6. The maximum absolute atomic E-state index is 13.5. The van der Waals surface area contributed by atoms with Crippen LogP contribution in [0.25, 0.3) is 0 Å². The van der Waals surface area contributed by atoms with Crippen molar-refractivity contribution in [2.75, 3.05) is 132 Å². The van der Waals surface area contributed by atoms with Crippen LogP contribution < -0.4 is 31.9 Å². The second-order valence-electron chi connectivity index (χ2n) is 22.6. The fourth-order valence-corrected chi connectivity index (χ4v) is 9.42. The molecule has 0 aliphatic heterocycles. The number of urea groups is 4. The molecule has 0 saturated heterocycles. The van der Waals surface area contributed by atoms with Gasteiger partial charge in [-0.1, -0.05) is 62.1 Å². The molecule has 0 saturated carbocycles. The number of hydrogen-bond acceptors (Lipinski definition) is 20. The topological polar surface area (TPSA) is 364 Å². The van der Waals surface area contributed by atoms with Crippen molar-refractivity contribution in [2.45, 2.75) is 70.6 Å². The zero-order chi connectivity index (χ0) is 73.5. The molecule has 103 heavy (non-hydrogen) atoms. The molecule has 6 rings (SSSR count). The first-order valence-corrected chi connectivity index (χ1v) is 33.9. The molecule has 0 fully saturated rings. The number of ether oxygens (including phenoxy) is 8. The van der Waals surface area contributed by atoms with E-state index in [2.05, 4.69) is 66.3 Å². The van der Waals surface area contributed by atoms with Crippen LogP contribution in [0.1, 0.15) is 70.6 Å². The number of carbonyl (C=O) groups excluding carboxylic acids is 12. The molecule has 0 aromatic rings. The lowest BCUT2D eigenvalue weighted by Gasteiger charge is -2.23. The number of allylic oxidation sites excluding steroid dienone is 6. The molecule has 0 spiro atoms. The Kier molecular flexibility index (Phi) is 36.6. The second-order valence-corrected chi connectivity index (χ2v) is 22.6. The molecule has 6 aliphatic carbocycles. The summed E-state index contributed by atoms with van der Waals surface area (Å²) in [5.41, 5.74) is 17.9. The molecule has 548 valence electrons. The van der Waals surface area contributed by atoms with Crippen molar-refractivity contribution < 1.29 is 95.4 Å². The average Bonchev–Trinajstić information content (AvgIpc) is 1.84. The molecular formula is C73H86N10O20. The van der Waals surface area contributed by atoms with E-state index in [-0.39, 0.29) is 139 Å². The highest BCUT2D eigenvalue weighted by molar-refractivity contribution is 5.95. The normalized spacial score (nSPS) is 13.1. The highest BCUT2D eigenvalue weighted by Gasteiger charge is 2.23. The third-order valence-corrected chi connectivity index (χ3v) is 15.0. The summed E-state index contributed by atoms with van der Waals surface area (Å²) in [6, 6.07) is -2.08. The minimum Gasteiger partial charge on any atom is -0.460 e. The van der Waals surface area contributed by atoms with E-state index in [0.29, 0.717) is 83.7 Å². The van der Waals surface area contributed by atoms with Crippen molar-refractivity contribution in [3.05, 3.63) is 177 Å². The van der Waals surface area contributed by atoms with E-state index in [4.69, 9.17) is 37.9 Å². The number of amides is 10. The van der Waals surface area contributed by atoms with Gasteiger partial charge in [-0.25, -0.2) is 57.5 Å². The molecule has 0 unspecified atom stereocenters. The molecule has 6 aliphatic rings. The van der Waals surface area contributed by atoms with Crippen molar-refractivity contribution in [2.24, 2.45) is 0 Å². The Bertz CT molecular complexity index is 3370. The van der Waals surface area contributed by atoms with Gasteiger partial charge in [0.1, 0.15) is 73.1 Å². The Morgan fingerprint density at radius 2 is 0.456 bits per heavy atom. The van der Waals surface area contributed by atoms with Gasteiger partial charge in [0.15, 0.2) is 13.5 Å². The van der Waals surface area contributed by atoms with Crippen LogP contribution in [0.15, 0.2) is 177 Å². The Hall–Kier alpha value is -12.0. The average molecular weight is 1420 g/mol. The maximum Gasteiger partial charge on any atom is 0.407 e. The molecule has 10 amide bonds. The predicted molar refractivity (Wildman–Crippen MR) is 370 cm³/mol. The monoisotopic (exact) mass is 1420 g/mol. The van der Waals surface area contributed by atoms with Gasteiger partial charge < -0.3 is 84.5 Å². The summed E-state index contributed by atoms with van der Waals surface area (Å²) < 4.78 is 42.5. The molecule has 30 nitrogen and oxygen atoms in total. The van der Waals surface area contributed by atoms with Gasteiger partial charge in [-0.05, 0) is 118 Å². The summed E-state index contributed by atoms with van der Waals surface area (Å²) in [4.78, 5) is 158. The summed E-state index contributed by atoms with van der Waals surface area (Å²) >= 11 is 0. The third-order valence-electron chi connectivity index (χ3n) is 15.0. The van der Waals surface area contributed by atoms with E-state index in [1.807, 2.05) is 0 Å². The molecule has 6 N–H and O–H groups in total. The number of carbonyl (C=O) groups is 12. The van der Waals surface area contributed by atoms with Gasteiger partial charge in [-0.15, -0.1) is 34.4 Å². The number of hydrogen-bond donors (Lipinski definition) is 6. The third kappa shape index (κ3) is 31.8. The molecule has 0 aromatic carbocycles. The molecule has 0 aromatic heterocycles. The molecule has 30 heteroatoms. The zero-order valence-electron chi connectivity index (χ0n) is 57.3. The van der Waals surface area contributed by atoms with Crippen LogP contribution in [0, 0.1) is 0 Å². The van der Waals surface area contributed by atoms with E-state index in [1.165, 1.54) is 39.0 Å². The van der Waals surface area contributed by atoms with Crippen LogP contribution in [0.4, 0.5) is 28.8 Å². The highest BCUT2D eigenvalue weighted by Crippen LogP contribution is 2.12. The van der Waals surface area contributed by atoms with Crippen molar-refractivity contribution in [1.29, 1.82) is 0 Å². The lowest BCUT2D eigenvalue weighted by Crippen LogP contribution is -2.44. The largest absolute Gasteiger partial charge is 0.460 e. The van der Waals surface area contributed by atoms with Gasteiger partial charge >= 0.3 is 72.1 Å². The van der Waals surface area contributed by atoms with Gasteiger partial charge in [0.25, 0.3) is 0 Å². The lowest BCUT2D eigenvalue weighted by atomic mass is 10.2. The van der Waals surface area contributed by atoms with Gasteiger partial charge in [0.05, 0.1) is 39.3 Å². The summed E-state index contributed by atoms with van der Waals surface area (Å²) in [5, 5.41) is 16.6. The summed E-state index contributed by atoms with van der Waals surface area (Å²) in [7, 11) is 0. The maximum atomic E-state index is 13.5. The van der Waals surface area contributed by atoms with E-state index < -0.39 is 85.6 Å². The van der Waals surface area contributed by atoms with Crippen LogP contribution in [-0.4, -0.2) is 223 Å². The fourth-order valence-electron chi connectivity index (χ4n) is 9.42. The molecule has 0 atom stereocenters. The zero-order valence-corrected chi connectivity index (χ0v) is 57.3. The van der Waals surface area contributed by atoms with Crippen LogP contribution in [-0.2, 0) is 66.7 Å². The fraction of sp³-hybridized carbons (Fsp3) is 0.425. The van der Waals surface area contributed by atoms with Crippen LogP contribution >= 0.6 is 0 Å². The number of nitrogens with zero attached hydrogens (tertiary/aromatic N) is 4. The van der Waals surface area contributed by atoms with Gasteiger partial charge in [0, 0.05) is 39.3 Å². The van der Waals surface area contributed by atoms with E-state index >= 15 is 0 Å². The molecular weight excluding hydrogens is 1340 g/mol. The van der Waals surface area contributed by atoms with Gasteiger partial charge in [0.2, 0.25) is 0 Å². The van der Waals surface area contributed by atoms with Crippen molar-refractivity contribution in [1.82, 2.24) is 51.5 Å². The van der Waals surface area contributed by atoms with Gasteiger partial charge in [-0.3, -0.25) is 4.90 Å². The summed E-state index contributed by atoms with van der Waals surface area (Å²) in [6.45, 7) is -0.297. The minimum absolute atomic E-state index is 0.0365. The number of nitrogens with one attached hydrogen (secondary N) is 6. The second kappa shape index (κ2) is 47.1. The first kappa shape index (κ1) is 80.0. The van der Waals surface area contributed by atoms with Crippen molar-refractivity contribution in [3.63, 3.8) is 0 Å². The Balaban J connectivity index is 0.878. The predicted octanol–water partition coefficient (Wildman–Crippen LogP) is 5.86. The summed E-state index contributed by atoms with van der Waals surface area (Å²) in [6.07, 6.45) is 33.7. The first-order chi connectivity index (χ1) is 50.1. The number of unbranched alkanes of at least 4 members (excludes halogenated alkanes) is 8. The van der Waals surface area contributed by atoms with Crippen LogP contribution in [0.3, 0.4) is 0 Å². The molecule has 0 radical (unpaired) electrons. The quantitative estimate of drug-likeness (QED) is 0.0137. The Labute approximate surface area is 596 Å². The van der Waals surface area contributed by atoms with E-state index in [0.717, 1.165) is 4.90 Å². The van der Waals surface area contributed by atoms with Gasteiger partial charge in [-0.2, -0.15) is 0 Å². The Morgan fingerprint density at radius 1 is 0.252 bits per heavy atom. The lowest BCUT2D eigenvalue weighted by molar-refractivity contribution is -0.149. The van der Waals surface area contributed by atoms with Crippen LogP contribution in [0.5, 0.6) is 0 Å². The number of alkyl carbamates (subject to hydrolysis) is 2. The standard InChI is InChI=1S/C73H86N10O20/c84-62(56-24-6-7-25-56)96-48-42-80(43-49-97-63(85)57-26-8-9-27-57)68(90)74-36-18-1-3-20-40-78-72(94)100-52-46-82(70(92)76-38-22-5-23-39-77-71(93)83(54-102-66(88)60-32-14-15-33-60)55-103-67(89)61-34-16-17-35-61)47-53-101-73(95)79-41-21-4-2-19-37-75-69(91)81(44-50-98-64(86)58-28-10-11-29-58)45-51-99-65(87)59-30-12-13-31-59/h6-17,24,26,28,30,32,34H,1-5,18-23,36-55H2,(H,74,90)(H,75,91)(H,76,92)(H,77,93)(H,78,94)(H,79,95). The van der Waals surface area contributed by atoms with Crippen molar-refractivity contribution >= 4 is 72.1 Å². The summed E-state index contributed by atoms with van der Waals surface area (Å²) in [5.74, 6) is -3.80. The number of rotatable bonds is 48. The van der Waals surface area contributed by atoms with Crippen LogP contribution in [0.2, 0.25) is 0 Å². The minimum atomic E-state index is -0.731. The SMILES string of the molecule is O=C(NCCCCCCNC(=O)N(CCOC(=O)C1=C=CC=C1)CCOC(=O)C1=C=CC=C1)OCCN(CCOC(=O)NCCCCCCNC(=O)N(CCOC(=O)C1=C=CC=C1)CCOC(=O)C1=C=CC=C1)C(=O)NCCCCCNC(=O)N(COC(=O)C1=C=CC=C1)COC(=O)C1=C=CC=C1. The highest BCUT2D eigenvalue weighted by atomic mass is 16.6. The van der Waals surface area contributed by atoms with E-state index in [1.54, 1.807) is 85.1 Å². The van der Waals surface area contributed by atoms with E-state index in [9.17, 15) is 57.5 Å². The van der Waals surface area contributed by atoms with Crippen molar-refractivity contribution in [3.8, 4) is 0 Å².